The number of aryl methyl sites for hydroxylation is 1. The predicted molar refractivity (Wildman–Crippen MR) is 86.8 cm³/mol. The van der Waals surface area contributed by atoms with Gasteiger partial charge in [-0.25, -0.2) is 13.1 Å². The van der Waals surface area contributed by atoms with Crippen molar-refractivity contribution in [2.75, 3.05) is 19.7 Å². The highest BCUT2D eigenvalue weighted by Crippen LogP contribution is 2.28. The molecule has 0 aromatic carbocycles. The van der Waals surface area contributed by atoms with E-state index in [4.69, 9.17) is 5.11 Å². The van der Waals surface area contributed by atoms with Gasteiger partial charge >= 0.3 is 0 Å². The topological polar surface area (TPSA) is 88.3 Å². The van der Waals surface area contributed by atoms with Crippen molar-refractivity contribution in [2.24, 2.45) is 0 Å². The van der Waals surface area contributed by atoms with Crippen molar-refractivity contribution < 1.29 is 13.5 Å². The fraction of sp³-hybridized carbons (Fsp3) is 0.571. The Hall–Kier alpha value is -1.29. The molecular formula is C14H20N4O3S2. The van der Waals surface area contributed by atoms with Crippen LogP contribution in [0.1, 0.15) is 31.0 Å². The first-order valence-corrected chi connectivity index (χ1v) is 9.98. The minimum absolute atomic E-state index is 0.145. The van der Waals surface area contributed by atoms with Crippen molar-refractivity contribution >= 4 is 21.4 Å². The third-order valence-corrected chi connectivity index (χ3v) is 7.31. The Morgan fingerprint density at radius 2 is 2.13 bits per heavy atom. The summed E-state index contributed by atoms with van der Waals surface area (Å²) in [5.74, 6) is 0. The van der Waals surface area contributed by atoms with E-state index in [1.807, 2.05) is 10.9 Å². The van der Waals surface area contributed by atoms with E-state index in [9.17, 15) is 8.42 Å². The maximum absolute atomic E-state index is 12.5. The zero-order chi connectivity index (χ0) is 16.3. The molecule has 2 aromatic heterocycles. The molecule has 3 heterocycles. The smallest absolute Gasteiger partial charge is 0.252 e. The minimum atomic E-state index is -3.35. The van der Waals surface area contributed by atoms with Crippen LogP contribution in [-0.4, -0.2) is 52.5 Å². The lowest BCUT2D eigenvalue weighted by Crippen LogP contribution is -2.38. The molecule has 0 aliphatic carbocycles. The number of thiophene rings is 1. The highest BCUT2D eigenvalue weighted by Gasteiger charge is 2.30. The van der Waals surface area contributed by atoms with Crippen molar-refractivity contribution in [1.29, 1.82) is 0 Å². The molecule has 3 rings (SSSR count). The molecule has 0 saturated carbocycles. The molecule has 1 N–H and O–H groups in total. The zero-order valence-electron chi connectivity index (χ0n) is 12.7. The summed E-state index contributed by atoms with van der Waals surface area (Å²) >= 11 is 1.25. The van der Waals surface area contributed by atoms with E-state index in [1.165, 1.54) is 11.3 Å². The molecule has 1 aliphatic heterocycles. The van der Waals surface area contributed by atoms with Gasteiger partial charge in [-0.3, -0.25) is 0 Å². The van der Waals surface area contributed by atoms with Gasteiger partial charge in [0.2, 0.25) is 0 Å². The van der Waals surface area contributed by atoms with Gasteiger partial charge in [0, 0.05) is 25.9 Å². The minimum Gasteiger partial charge on any atom is -0.396 e. The average Bonchev–Trinajstić information content (AvgIpc) is 3.25. The van der Waals surface area contributed by atoms with Crippen LogP contribution in [-0.2, 0) is 16.4 Å². The molecule has 1 fully saturated rings. The average molecular weight is 356 g/mol. The van der Waals surface area contributed by atoms with Gasteiger partial charge in [0.1, 0.15) is 4.21 Å². The molecule has 23 heavy (non-hydrogen) atoms. The summed E-state index contributed by atoms with van der Waals surface area (Å²) in [6, 6.07) is 3.59. The first kappa shape index (κ1) is 16.6. The van der Waals surface area contributed by atoms with Crippen LogP contribution < -0.4 is 0 Å². The molecule has 1 saturated heterocycles. The van der Waals surface area contributed by atoms with Crippen LogP contribution in [0.4, 0.5) is 0 Å². The zero-order valence-corrected chi connectivity index (χ0v) is 14.3. The summed E-state index contributed by atoms with van der Waals surface area (Å²) < 4.78 is 28.8. The lowest BCUT2D eigenvalue weighted by molar-refractivity contribution is 0.259. The lowest BCUT2D eigenvalue weighted by atomic mass is 10.1. The second-order valence-electron chi connectivity index (χ2n) is 5.58. The highest BCUT2D eigenvalue weighted by molar-refractivity contribution is 7.91. The number of aromatic nitrogens is 3. The molecule has 1 aliphatic rings. The monoisotopic (exact) mass is 356 g/mol. The van der Waals surface area contributed by atoms with Crippen molar-refractivity contribution in [2.45, 2.75) is 35.9 Å². The fourth-order valence-electron chi connectivity index (χ4n) is 2.75. The molecule has 0 atom stereocenters. The molecule has 0 bridgehead atoms. The van der Waals surface area contributed by atoms with Crippen molar-refractivity contribution in [3.8, 4) is 0 Å². The molecular weight excluding hydrogens is 336 g/mol. The van der Waals surface area contributed by atoms with Crippen LogP contribution in [0.3, 0.4) is 0 Å². The summed E-state index contributed by atoms with van der Waals surface area (Å²) in [5.41, 5.74) is 0.868. The summed E-state index contributed by atoms with van der Waals surface area (Å²) in [4.78, 5) is 0. The van der Waals surface area contributed by atoms with Crippen molar-refractivity contribution in [1.82, 2.24) is 19.3 Å². The fourth-order valence-corrected chi connectivity index (χ4v) is 5.37. The Morgan fingerprint density at radius 1 is 1.35 bits per heavy atom. The Bertz CT molecular complexity index is 719. The van der Waals surface area contributed by atoms with E-state index in [0.717, 1.165) is 18.5 Å². The van der Waals surface area contributed by atoms with Gasteiger partial charge in [-0.05, 0) is 37.1 Å². The SMILES string of the molecule is O=S(=O)(c1cccs1)N1CCC(n2cc(CCCO)nn2)CC1. The summed E-state index contributed by atoms with van der Waals surface area (Å²) in [7, 11) is -3.35. The number of aliphatic hydroxyl groups is 1. The number of piperidine rings is 1. The van der Waals surface area contributed by atoms with Gasteiger partial charge in [0.25, 0.3) is 10.0 Å². The Balaban J connectivity index is 1.61. The highest BCUT2D eigenvalue weighted by atomic mass is 32.2. The van der Waals surface area contributed by atoms with E-state index in [2.05, 4.69) is 10.3 Å². The number of rotatable bonds is 6. The van der Waals surface area contributed by atoms with Crippen LogP contribution in [0.25, 0.3) is 0 Å². The normalized spacial score (nSPS) is 17.6. The maximum Gasteiger partial charge on any atom is 0.252 e. The second kappa shape index (κ2) is 7.08. The predicted octanol–water partition coefficient (Wildman–Crippen LogP) is 1.29. The Labute approximate surface area is 139 Å². The third kappa shape index (κ3) is 3.63. The lowest BCUT2D eigenvalue weighted by Gasteiger charge is -2.30. The van der Waals surface area contributed by atoms with E-state index in [1.54, 1.807) is 21.8 Å². The number of nitrogens with zero attached hydrogens (tertiary/aromatic N) is 4. The standard InChI is InChI=1S/C14H20N4O3S2/c19-9-1-3-12-11-18(16-15-12)13-5-7-17(8-6-13)23(20,21)14-4-2-10-22-14/h2,4,10-11,13,19H,1,3,5-9H2. The van der Waals surface area contributed by atoms with Gasteiger partial charge in [-0.2, -0.15) is 4.31 Å². The molecule has 0 spiro atoms. The van der Waals surface area contributed by atoms with E-state index in [-0.39, 0.29) is 12.6 Å². The first-order chi connectivity index (χ1) is 11.1. The molecule has 0 radical (unpaired) electrons. The number of aliphatic hydroxyl groups excluding tert-OH is 1. The second-order valence-corrected chi connectivity index (χ2v) is 8.70. The maximum atomic E-state index is 12.5. The van der Waals surface area contributed by atoms with Crippen LogP contribution in [0.5, 0.6) is 0 Å². The van der Waals surface area contributed by atoms with E-state index >= 15 is 0 Å². The first-order valence-electron chi connectivity index (χ1n) is 7.66. The van der Waals surface area contributed by atoms with Crippen LogP contribution >= 0.6 is 11.3 Å². The van der Waals surface area contributed by atoms with Crippen molar-refractivity contribution in [3.05, 3.63) is 29.4 Å². The Kier molecular flexibility index (Phi) is 5.10. The van der Waals surface area contributed by atoms with Crippen LogP contribution in [0.15, 0.2) is 27.9 Å². The van der Waals surface area contributed by atoms with Gasteiger partial charge in [0.15, 0.2) is 0 Å². The Morgan fingerprint density at radius 3 is 2.78 bits per heavy atom. The van der Waals surface area contributed by atoms with E-state index < -0.39 is 10.0 Å². The molecule has 9 heteroatoms. The van der Waals surface area contributed by atoms with E-state index in [0.29, 0.717) is 30.1 Å². The molecule has 126 valence electrons. The number of hydrogen-bond acceptors (Lipinski definition) is 6. The molecule has 0 amide bonds. The van der Waals surface area contributed by atoms with Crippen molar-refractivity contribution in [3.63, 3.8) is 0 Å². The largest absolute Gasteiger partial charge is 0.396 e. The van der Waals surface area contributed by atoms with Crippen LogP contribution in [0.2, 0.25) is 0 Å². The number of sulfonamides is 1. The third-order valence-electron chi connectivity index (χ3n) is 4.04. The summed E-state index contributed by atoms with van der Waals surface area (Å²) in [6.45, 7) is 1.14. The summed E-state index contributed by atoms with van der Waals surface area (Å²) in [6.07, 6.45) is 4.75. The van der Waals surface area contributed by atoms with Gasteiger partial charge in [-0.15, -0.1) is 16.4 Å². The number of hydrogen-bond donors (Lipinski definition) is 1. The molecule has 2 aromatic rings. The van der Waals surface area contributed by atoms with Gasteiger partial charge in [-0.1, -0.05) is 11.3 Å². The van der Waals surface area contributed by atoms with Gasteiger partial charge < -0.3 is 5.11 Å². The quantitative estimate of drug-likeness (QED) is 0.842. The van der Waals surface area contributed by atoms with Crippen LogP contribution in [0, 0.1) is 0 Å². The molecule has 7 nitrogen and oxygen atoms in total. The summed E-state index contributed by atoms with van der Waals surface area (Å²) in [5, 5.41) is 18.9. The van der Waals surface area contributed by atoms with Gasteiger partial charge in [0.05, 0.1) is 11.7 Å². The molecule has 0 unspecified atom stereocenters.